The van der Waals surface area contributed by atoms with Crippen LogP contribution >= 0.6 is 0 Å². The standard InChI is InChI=1S/C18H20N2O2/c21-18(15-10-19-22-12-15)14-8-16-6-7-17(9-14)20(16)11-13-4-2-1-3-5-13/h1-5,10,12,14,16-17H,6-9,11H2. The van der Waals surface area contributed by atoms with Crippen molar-refractivity contribution in [2.75, 3.05) is 0 Å². The van der Waals surface area contributed by atoms with Gasteiger partial charge in [-0.2, -0.15) is 0 Å². The van der Waals surface area contributed by atoms with Crippen LogP contribution in [0, 0.1) is 5.92 Å². The summed E-state index contributed by atoms with van der Waals surface area (Å²) in [4.78, 5) is 15.1. The third-order valence-electron chi connectivity index (χ3n) is 5.18. The number of hydrogen-bond acceptors (Lipinski definition) is 4. The van der Waals surface area contributed by atoms with E-state index in [4.69, 9.17) is 4.52 Å². The van der Waals surface area contributed by atoms with Crippen molar-refractivity contribution in [1.29, 1.82) is 0 Å². The molecule has 1 aromatic carbocycles. The normalized spacial score (nSPS) is 27.9. The Balaban J connectivity index is 1.46. The molecule has 114 valence electrons. The van der Waals surface area contributed by atoms with E-state index in [1.54, 1.807) is 6.20 Å². The molecule has 1 aromatic heterocycles. The van der Waals surface area contributed by atoms with E-state index in [2.05, 4.69) is 40.4 Å². The van der Waals surface area contributed by atoms with Crippen LogP contribution in [-0.4, -0.2) is 27.9 Å². The van der Waals surface area contributed by atoms with E-state index in [1.807, 2.05) is 0 Å². The summed E-state index contributed by atoms with van der Waals surface area (Å²) in [5, 5.41) is 3.66. The van der Waals surface area contributed by atoms with Crippen molar-refractivity contribution in [3.05, 3.63) is 53.9 Å². The molecule has 4 heteroatoms. The number of carbonyl (C=O) groups is 1. The molecule has 4 nitrogen and oxygen atoms in total. The molecule has 4 rings (SSSR count). The zero-order valence-electron chi connectivity index (χ0n) is 12.5. The molecule has 2 unspecified atom stereocenters. The van der Waals surface area contributed by atoms with Crippen molar-refractivity contribution in [1.82, 2.24) is 10.1 Å². The van der Waals surface area contributed by atoms with Crippen LogP contribution in [0.25, 0.3) is 0 Å². The Morgan fingerprint density at radius 3 is 2.55 bits per heavy atom. The van der Waals surface area contributed by atoms with Gasteiger partial charge in [-0.15, -0.1) is 0 Å². The lowest BCUT2D eigenvalue weighted by Crippen LogP contribution is -2.44. The van der Waals surface area contributed by atoms with Gasteiger partial charge in [0.05, 0.1) is 11.8 Å². The molecule has 0 spiro atoms. The molecule has 2 aromatic rings. The van der Waals surface area contributed by atoms with Gasteiger partial charge in [-0.1, -0.05) is 35.5 Å². The largest absolute Gasteiger partial charge is 0.364 e. The highest BCUT2D eigenvalue weighted by Gasteiger charge is 2.42. The van der Waals surface area contributed by atoms with Crippen LogP contribution in [0.4, 0.5) is 0 Å². The fraction of sp³-hybridized carbons (Fsp3) is 0.444. The van der Waals surface area contributed by atoms with Crippen LogP contribution in [0.15, 0.2) is 47.3 Å². The van der Waals surface area contributed by atoms with Gasteiger partial charge in [-0.05, 0) is 31.2 Å². The molecule has 0 saturated carbocycles. The second-order valence-corrected chi connectivity index (χ2v) is 6.49. The minimum absolute atomic E-state index is 0.129. The molecular weight excluding hydrogens is 276 g/mol. The van der Waals surface area contributed by atoms with Gasteiger partial charge in [-0.3, -0.25) is 9.69 Å². The molecule has 2 saturated heterocycles. The average Bonchev–Trinajstić information content (AvgIpc) is 3.14. The fourth-order valence-electron chi connectivity index (χ4n) is 4.10. The fourth-order valence-corrected chi connectivity index (χ4v) is 4.10. The maximum Gasteiger partial charge on any atom is 0.170 e. The number of piperidine rings is 1. The molecular formula is C18H20N2O2. The molecule has 0 amide bonds. The van der Waals surface area contributed by atoms with Crippen molar-refractivity contribution < 1.29 is 9.32 Å². The first-order valence-corrected chi connectivity index (χ1v) is 8.04. The first-order chi connectivity index (χ1) is 10.8. The van der Waals surface area contributed by atoms with Gasteiger partial charge in [0, 0.05) is 24.5 Å². The summed E-state index contributed by atoms with van der Waals surface area (Å²) in [5.74, 6) is 0.335. The highest BCUT2D eigenvalue weighted by atomic mass is 16.5. The monoisotopic (exact) mass is 296 g/mol. The van der Waals surface area contributed by atoms with Crippen LogP contribution in [0.5, 0.6) is 0 Å². The highest BCUT2D eigenvalue weighted by molar-refractivity contribution is 5.97. The average molecular weight is 296 g/mol. The van der Waals surface area contributed by atoms with E-state index in [0.29, 0.717) is 17.6 Å². The maximum absolute atomic E-state index is 12.5. The van der Waals surface area contributed by atoms with Crippen LogP contribution in [-0.2, 0) is 6.54 Å². The number of fused-ring (bicyclic) bond motifs is 2. The number of carbonyl (C=O) groups excluding carboxylic acids is 1. The summed E-state index contributed by atoms with van der Waals surface area (Å²) in [5.41, 5.74) is 1.99. The summed E-state index contributed by atoms with van der Waals surface area (Å²) in [6, 6.07) is 11.7. The summed E-state index contributed by atoms with van der Waals surface area (Å²) < 4.78 is 4.81. The predicted octanol–water partition coefficient (Wildman–Crippen LogP) is 3.30. The summed E-state index contributed by atoms with van der Waals surface area (Å²) in [7, 11) is 0. The number of ketones is 1. The van der Waals surface area contributed by atoms with Gasteiger partial charge in [0.15, 0.2) is 5.78 Å². The van der Waals surface area contributed by atoms with Crippen molar-refractivity contribution in [3.63, 3.8) is 0 Å². The zero-order valence-corrected chi connectivity index (χ0v) is 12.5. The van der Waals surface area contributed by atoms with Crippen molar-refractivity contribution in [2.24, 2.45) is 5.92 Å². The van der Waals surface area contributed by atoms with Crippen molar-refractivity contribution >= 4 is 5.78 Å². The lowest BCUT2D eigenvalue weighted by atomic mass is 9.85. The van der Waals surface area contributed by atoms with Gasteiger partial charge in [-0.25, -0.2) is 0 Å². The minimum atomic E-state index is 0.129. The Morgan fingerprint density at radius 1 is 1.18 bits per heavy atom. The lowest BCUT2D eigenvalue weighted by Gasteiger charge is -2.38. The third kappa shape index (κ3) is 2.48. The van der Waals surface area contributed by atoms with Gasteiger partial charge in [0.2, 0.25) is 0 Å². The van der Waals surface area contributed by atoms with Gasteiger partial charge in [0.25, 0.3) is 0 Å². The Labute approximate surface area is 130 Å². The van der Waals surface area contributed by atoms with Gasteiger partial charge < -0.3 is 4.52 Å². The number of hydrogen-bond donors (Lipinski definition) is 0. The number of rotatable bonds is 4. The Morgan fingerprint density at radius 2 is 1.91 bits per heavy atom. The number of Topliss-reactive ketones (excluding diaryl/α,β-unsaturated/α-hetero) is 1. The molecule has 2 bridgehead atoms. The minimum Gasteiger partial charge on any atom is -0.364 e. The second kappa shape index (κ2) is 5.69. The van der Waals surface area contributed by atoms with Gasteiger partial charge >= 0.3 is 0 Å². The van der Waals surface area contributed by atoms with E-state index >= 15 is 0 Å². The van der Waals surface area contributed by atoms with Gasteiger partial charge in [0.1, 0.15) is 6.26 Å². The first-order valence-electron chi connectivity index (χ1n) is 8.04. The maximum atomic E-state index is 12.5. The van der Waals surface area contributed by atoms with E-state index in [1.165, 1.54) is 24.7 Å². The molecule has 2 aliphatic rings. The molecule has 0 N–H and O–H groups in total. The molecule has 2 aliphatic heterocycles. The Kier molecular flexibility index (Phi) is 3.54. The zero-order chi connectivity index (χ0) is 14.9. The number of aromatic nitrogens is 1. The predicted molar refractivity (Wildman–Crippen MR) is 82.4 cm³/mol. The molecule has 0 radical (unpaired) electrons. The molecule has 2 fully saturated rings. The number of benzene rings is 1. The quantitative estimate of drug-likeness (QED) is 0.812. The summed E-state index contributed by atoms with van der Waals surface area (Å²) in [6.45, 7) is 1.00. The first kappa shape index (κ1) is 13.7. The lowest BCUT2D eigenvalue weighted by molar-refractivity contribution is 0.0677. The van der Waals surface area contributed by atoms with Crippen LogP contribution in [0.3, 0.4) is 0 Å². The van der Waals surface area contributed by atoms with E-state index < -0.39 is 0 Å². The summed E-state index contributed by atoms with van der Waals surface area (Å²) >= 11 is 0. The molecule has 22 heavy (non-hydrogen) atoms. The highest BCUT2D eigenvalue weighted by Crippen LogP contribution is 2.40. The van der Waals surface area contributed by atoms with Crippen LogP contribution < -0.4 is 0 Å². The SMILES string of the molecule is O=C(c1cnoc1)C1CC2CCC(C1)N2Cc1ccccc1. The van der Waals surface area contributed by atoms with E-state index in [9.17, 15) is 4.79 Å². The Bertz CT molecular complexity index is 624. The molecule has 0 aliphatic carbocycles. The van der Waals surface area contributed by atoms with Crippen LogP contribution in [0.2, 0.25) is 0 Å². The smallest absolute Gasteiger partial charge is 0.170 e. The van der Waals surface area contributed by atoms with Crippen molar-refractivity contribution in [2.45, 2.75) is 44.3 Å². The van der Waals surface area contributed by atoms with Crippen molar-refractivity contribution in [3.8, 4) is 0 Å². The van der Waals surface area contributed by atoms with E-state index in [0.717, 1.165) is 19.4 Å². The third-order valence-corrected chi connectivity index (χ3v) is 5.18. The second-order valence-electron chi connectivity index (χ2n) is 6.49. The summed E-state index contributed by atoms with van der Waals surface area (Å²) in [6.07, 6.45) is 7.37. The topological polar surface area (TPSA) is 46.3 Å². The molecule has 2 atom stereocenters. The van der Waals surface area contributed by atoms with Crippen LogP contribution in [0.1, 0.15) is 41.6 Å². The number of nitrogens with zero attached hydrogens (tertiary/aromatic N) is 2. The molecule has 3 heterocycles. The van der Waals surface area contributed by atoms with E-state index in [-0.39, 0.29) is 11.7 Å². The Hall–Kier alpha value is -1.94.